The molecule has 0 spiro atoms. The highest BCUT2D eigenvalue weighted by Gasteiger charge is 2.40. The average Bonchev–Trinajstić information content (AvgIpc) is 3.22. The van der Waals surface area contributed by atoms with Crippen molar-refractivity contribution in [2.24, 2.45) is 5.92 Å². The molecule has 2 aliphatic rings. The summed E-state index contributed by atoms with van der Waals surface area (Å²) in [7, 11) is -3.35. The molecule has 0 amide bonds. The van der Waals surface area contributed by atoms with Gasteiger partial charge in [-0.25, -0.2) is 9.36 Å². The Bertz CT molecular complexity index is 1000. The quantitative estimate of drug-likeness (QED) is 0.730. The molecule has 0 aromatic carbocycles. The lowest BCUT2D eigenvalue weighted by Crippen LogP contribution is -2.56. The summed E-state index contributed by atoms with van der Waals surface area (Å²) in [5.74, 6) is 0.671. The maximum absolute atomic E-state index is 12.5. The van der Waals surface area contributed by atoms with Crippen molar-refractivity contribution in [1.29, 1.82) is 0 Å². The molecule has 0 aliphatic carbocycles. The van der Waals surface area contributed by atoms with E-state index in [0.29, 0.717) is 38.5 Å². The number of hydrogen-bond donors (Lipinski definition) is 0. The van der Waals surface area contributed by atoms with Crippen LogP contribution in [-0.2, 0) is 16.8 Å². The summed E-state index contributed by atoms with van der Waals surface area (Å²) >= 11 is 0. The molecule has 2 fully saturated rings. The van der Waals surface area contributed by atoms with Gasteiger partial charge < -0.3 is 0 Å². The highest BCUT2D eigenvalue weighted by Crippen LogP contribution is 2.25. The average molecular weight is 392 g/mol. The Kier molecular flexibility index (Phi) is 4.65. The maximum atomic E-state index is 12.5. The van der Waals surface area contributed by atoms with E-state index in [1.807, 2.05) is 19.9 Å². The molecule has 0 radical (unpaired) electrons. The first-order valence-corrected chi connectivity index (χ1v) is 10.6. The molecular weight excluding hydrogens is 368 g/mol. The molecule has 146 valence electrons. The van der Waals surface area contributed by atoms with E-state index in [1.54, 1.807) is 15.1 Å². The molecule has 2 saturated heterocycles. The molecule has 2 aromatic heterocycles. The van der Waals surface area contributed by atoms with Crippen molar-refractivity contribution in [2.75, 3.05) is 26.2 Å². The Labute approximate surface area is 158 Å². The van der Waals surface area contributed by atoms with Crippen molar-refractivity contribution in [3.05, 3.63) is 39.9 Å². The van der Waals surface area contributed by atoms with Gasteiger partial charge in [0.1, 0.15) is 0 Å². The highest BCUT2D eigenvalue weighted by atomic mass is 32.2. The van der Waals surface area contributed by atoms with Crippen LogP contribution >= 0.6 is 0 Å². The van der Waals surface area contributed by atoms with Crippen LogP contribution in [0.25, 0.3) is 5.82 Å². The molecule has 4 rings (SSSR count). The Morgan fingerprint density at radius 3 is 2.41 bits per heavy atom. The molecular formula is C17H24N6O3S. The third-order valence-corrected chi connectivity index (χ3v) is 7.12. The van der Waals surface area contributed by atoms with E-state index in [4.69, 9.17) is 0 Å². The fourth-order valence-electron chi connectivity index (χ4n) is 3.70. The maximum Gasteiger partial charge on any atom is 0.281 e. The molecule has 0 saturated carbocycles. The molecule has 9 nitrogen and oxygen atoms in total. The van der Waals surface area contributed by atoms with Gasteiger partial charge in [0.05, 0.1) is 12.2 Å². The minimum absolute atomic E-state index is 0.0864. The first-order valence-electron chi connectivity index (χ1n) is 9.21. The second-order valence-electron chi connectivity index (χ2n) is 7.35. The molecule has 4 heterocycles. The SMILES string of the molecule is Cc1cc(C)n(-c2ccc(=O)n(CC3CN(S(=O)(=O)N4CCCC4)C3)n2)n1. The molecule has 0 unspecified atom stereocenters. The Morgan fingerprint density at radius 1 is 1.07 bits per heavy atom. The van der Waals surface area contributed by atoms with E-state index in [9.17, 15) is 13.2 Å². The number of hydrogen-bond acceptors (Lipinski definition) is 5. The number of aromatic nitrogens is 4. The first-order chi connectivity index (χ1) is 12.8. The standard InChI is InChI=1S/C17H24N6O3S/c1-13-9-14(2)23(18-13)16-5-6-17(24)22(19-16)12-15-10-21(11-15)27(25,26)20-7-3-4-8-20/h5-6,9,15H,3-4,7-8,10-12H2,1-2H3. The van der Waals surface area contributed by atoms with Gasteiger partial charge in [0.25, 0.3) is 15.8 Å². The van der Waals surface area contributed by atoms with E-state index in [0.717, 1.165) is 24.2 Å². The second-order valence-corrected chi connectivity index (χ2v) is 9.28. The van der Waals surface area contributed by atoms with Gasteiger partial charge in [-0.15, -0.1) is 5.10 Å². The van der Waals surface area contributed by atoms with E-state index < -0.39 is 10.2 Å². The van der Waals surface area contributed by atoms with Crippen LogP contribution in [0.2, 0.25) is 0 Å². The summed E-state index contributed by atoms with van der Waals surface area (Å²) in [4.78, 5) is 12.2. The largest absolute Gasteiger partial charge is 0.281 e. The van der Waals surface area contributed by atoms with Crippen LogP contribution in [0.15, 0.2) is 23.0 Å². The summed E-state index contributed by atoms with van der Waals surface area (Å²) in [5, 5.41) is 8.83. The predicted octanol–water partition coefficient (Wildman–Crippen LogP) is 0.318. The van der Waals surface area contributed by atoms with Crippen LogP contribution < -0.4 is 5.56 Å². The van der Waals surface area contributed by atoms with Crippen LogP contribution in [0.1, 0.15) is 24.2 Å². The van der Waals surface area contributed by atoms with Crippen molar-refractivity contribution in [3.63, 3.8) is 0 Å². The molecule has 0 bridgehead atoms. The minimum Gasteiger partial charge on any atom is -0.268 e. The van der Waals surface area contributed by atoms with Gasteiger partial charge in [-0.05, 0) is 38.8 Å². The lowest BCUT2D eigenvalue weighted by molar-refractivity contribution is 0.163. The molecule has 27 heavy (non-hydrogen) atoms. The van der Waals surface area contributed by atoms with E-state index >= 15 is 0 Å². The predicted molar refractivity (Wildman–Crippen MR) is 99.9 cm³/mol. The van der Waals surface area contributed by atoms with Crippen molar-refractivity contribution < 1.29 is 8.42 Å². The summed E-state index contributed by atoms with van der Waals surface area (Å²) in [6, 6.07) is 5.09. The topological polar surface area (TPSA) is 93.3 Å². The third-order valence-electron chi connectivity index (χ3n) is 5.15. The number of nitrogens with zero attached hydrogens (tertiary/aromatic N) is 6. The monoisotopic (exact) mass is 392 g/mol. The third kappa shape index (κ3) is 3.44. The fraction of sp³-hybridized carbons (Fsp3) is 0.588. The second kappa shape index (κ2) is 6.84. The van der Waals surface area contributed by atoms with Crippen molar-refractivity contribution in [1.82, 2.24) is 28.2 Å². The van der Waals surface area contributed by atoms with Gasteiger partial charge in [0.2, 0.25) is 0 Å². The van der Waals surface area contributed by atoms with Crippen LogP contribution in [0.3, 0.4) is 0 Å². The smallest absolute Gasteiger partial charge is 0.268 e. The van der Waals surface area contributed by atoms with Crippen LogP contribution in [0.4, 0.5) is 0 Å². The van der Waals surface area contributed by atoms with Crippen molar-refractivity contribution in [2.45, 2.75) is 33.2 Å². The zero-order valence-corrected chi connectivity index (χ0v) is 16.4. The zero-order chi connectivity index (χ0) is 19.2. The Balaban J connectivity index is 1.46. The molecule has 10 heteroatoms. The van der Waals surface area contributed by atoms with E-state index in [1.165, 1.54) is 15.1 Å². The van der Waals surface area contributed by atoms with Gasteiger partial charge >= 0.3 is 0 Å². The first kappa shape index (κ1) is 18.3. The highest BCUT2D eigenvalue weighted by molar-refractivity contribution is 7.86. The fourth-order valence-corrected chi connectivity index (χ4v) is 5.54. The number of aryl methyl sites for hydroxylation is 2. The van der Waals surface area contributed by atoms with Gasteiger partial charge in [0.15, 0.2) is 5.82 Å². The lowest BCUT2D eigenvalue weighted by Gasteiger charge is -2.39. The van der Waals surface area contributed by atoms with Gasteiger partial charge in [-0.2, -0.15) is 22.1 Å². The lowest BCUT2D eigenvalue weighted by atomic mass is 10.0. The number of rotatable bonds is 5. The van der Waals surface area contributed by atoms with Crippen molar-refractivity contribution >= 4 is 10.2 Å². The minimum atomic E-state index is -3.35. The van der Waals surface area contributed by atoms with Gasteiger partial charge in [-0.3, -0.25) is 4.79 Å². The summed E-state index contributed by atoms with van der Waals surface area (Å²) in [5.41, 5.74) is 1.63. The molecule has 2 aliphatic heterocycles. The molecule has 0 atom stereocenters. The van der Waals surface area contributed by atoms with E-state index in [2.05, 4.69) is 10.2 Å². The molecule has 0 N–H and O–H groups in total. The summed E-state index contributed by atoms with van der Waals surface area (Å²) in [6.45, 7) is 6.31. The van der Waals surface area contributed by atoms with Crippen LogP contribution in [0.5, 0.6) is 0 Å². The Hall–Kier alpha value is -2.04. The normalized spacial score (nSPS) is 19.5. The van der Waals surface area contributed by atoms with Gasteiger partial charge in [-0.1, -0.05) is 0 Å². The molecule has 2 aromatic rings. The summed E-state index contributed by atoms with van der Waals surface area (Å²) < 4.78 is 31.2. The van der Waals surface area contributed by atoms with Crippen LogP contribution in [0, 0.1) is 19.8 Å². The van der Waals surface area contributed by atoms with Crippen LogP contribution in [-0.4, -0.2) is 62.8 Å². The van der Waals surface area contributed by atoms with E-state index in [-0.39, 0.29) is 11.5 Å². The van der Waals surface area contributed by atoms with Gasteiger partial charge in [0, 0.05) is 43.9 Å². The Morgan fingerprint density at radius 2 is 1.78 bits per heavy atom. The summed E-state index contributed by atoms with van der Waals surface area (Å²) in [6.07, 6.45) is 1.85. The van der Waals surface area contributed by atoms with Crippen molar-refractivity contribution in [3.8, 4) is 5.82 Å². The zero-order valence-electron chi connectivity index (χ0n) is 15.6.